The average Bonchev–Trinajstić information content (AvgIpc) is 2.40. The van der Waals surface area contributed by atoms with Gasteiger partial charge in [0.15, 0.2) is 0 Å². The van der Waals surface area contributed by atoms with Gasteiger partial charge < -0.3 is 10.6 Å². The van der Waals surface area contributed by atoms with E-state index in [1.54, 1.807) is 12.1 Å². The summed E-state index contributed by atoms with van der Waals surface area (Å²) in [6.07, 6.45) is 1.45. The van der Waals surface area contributed by atoms with E-state index in [0.717, 1.165) is 17.8 Å². The molecule has 2 N–H and O–H groups in total. The predicted molar refractivity (Wildman–Crippen MR) is 76.4 cm³/mol. The highest BCUT2D eigenvalue weighted by molar-refractivity contribution is 6.30. The maximum Gasteiger partial charge on any atom is 0.274 e. The van der Waals surface area contributed by atoms with Gasteiger partial charge in [-0.05, 0) is 36.9 Å². The first-order valence-electron chi connectivity index (χ1n) is 5.85. The van der Waals surface area contributed by atoms with E-state index in [0.29, 0.717) is 10.7 Å². The molecular weight excluding hydrogens is 262 g/mol. The Balaban J connectivity index is 2.10. The van der Waals surface area contributed by atoms with Crippen molar-refractivity contribution in [1.29, 1.82) is 0 Å². The summed E-state index contributed by atoms with van der Waals surface area (Å²) in [6, 6.07) is 10.9. The molecule has 0 atom stereocenters. The lowest BCUT2D eigenvalue weighted by Crippen LogP contribution is -2.14. The Hall–Kier alpha value is -1.91. The maximum absolute atomic E-state index is 12.0. The van der Waals surface area contributed by atoms with E-state index in [4.69, 9.17) is 11.6 Å². The molecule has 1 heterocycles. The van der Waals surface area contributed by atoms with Crippen molar-refractivity contribution in [3.8, 4) is 0 Å². The van der Waals surface area contributed by atoms with Gasteiger partial charge in [0.2, 0.25) is 0 Å². The van der Waals surface area contributed by atoms with Crippen LogP contribution in [-0.2, 0) is 6.54 Å². The molecule has 0 fully saturated rings. The number of hydrogen-bond acceptors (Lipinski definition) is 3. The molecule has 0 saturated heterocycles. The lowest BCUT2D eigenvalue weighted by Gasteiger charge is -2.07. The van der Waals surface area contributed by atoms with Crippen LogP contribution in [0.4, 0.5) is 5.69 Å². The molecule has 0 aliphatic rings. The van der Waals surface area contributed by atoms with E-state index < -0.39 is 0 Å². The van der Waals surface area contributed by atoms with Crippen molar-refractivity contribution in [2.45, 2.75) is 6.54 Å². The minimum Gasteiger partial charge on any atom is -0.321 e. The van der Waals surface area contributed by atoms with Gasteiger partial charge in [0.1, 0.15) is 5.69 Å². The van der Waals surface area contributed by atoms with Gasteiger partial charge in [-0.25, -0.2) is 4.98 Å². The Morgan fingerprint density at radius 3 is 2.84 bits per heavy atom. The first-order chi connectivity index (χ1) is 9.19. The standard InChI is InChI=1S/C14H14ClN3O/c1-16-8-10-3-2-4-12(7-10)18-14(19)13-6-5-11(15)9-17-13/h2-7,9,16H,8H2,1H3,(H,18,19). The van der Waals surface area contributed by atoms with Gasteiger partial charge in [-0.15, -0.1) is 0 Å². The summed E-state index contributed by atoms with van der Waals surface area (Å²) >= 11 is 5.73. The van der Waals surface area contributed by atoms with Crippen LogP contribution in [0.15, 0.2) is 42.6 Å². The number of carbonyl (C=O) groups excluding carboxylic acids is 1. The minimum atomic E-state index is -0.252. The van der Waals surface area contributed by atoms with Crippen LogP contribution in [-0.4, -0.2) is 17.9 Å². The van der Waals surface area contributed by atoms with Crippen LogP contribution in [0.2, 0.25) is 5.02 Å². The van der Waals surface area contributed by atoms with Gasteiger partial charge in [-0.1, -0.05) is 23.7 Å². The SMILES string of the molecule is CNCc1cccc(NC(=O)c2ccc(Cl)cn2)c1. The number of pyridine rings is 1. The van der Waals surface area contributed by atoms with Crippen LogP contribution in [0.25, 0.3) is 0 Å². The molecule has 1 amide bonds. The molecule has 1 aromatic heterocycles. The van der Waals surface area contributed by atoms with Crippen LogP contribution in [0.1, 0.15) is 16.1 Å². The van der Waals surface area contributed by atoms with E-state index in [1.165, 1.54) is 6.20 Å². The summed E-state index contributed by atoms with van der Waals surface area (Å²) in [7, 11) is 1.88. The zero-order valence-corrected chi connectivity index (χ0v) is 11.2. The second-order valence-corrected chi connectivity index (χ2v) is 4.48. The predicted octanol–water partition coefficient (Wildman–Crippen LogP) is 2.71. The Labute approximate surface area is 116 Å². The third kappa shape index (κ3) is 3.77. The molecule has 0 radical (unpaired) electrons. The molecule has 2 aromatic rings. The topological polar surface area (TPSA) is 54.0 Å². The summed E-state index contributed by atoms with van der Waals surface area (Å²) in [5, 5.41) is 6.37. The van der Waals surface area contributed by atoms with Gasteiger partial charge in [0, 0.05) is 18.4 Å². The quantitative estimate of drug-likeness (QED) is 0.902. The molecule has 5 heteroatoms. The average molecular weight is 276 g/mol. The maximum atomic E-state index is 12.0. The van der Waals surface area contributed by atoms with Crippen LogP contribution in [0, 0.1) is 0 Å². The van der Waals surface area contributed by atoms with E-state index in [9.17, 15) is 4.79 Å². The van der Waals surface area contributed by atoms with E-state index in [1.807, 2.05) is 31.3 Å². The highest BCUT2D eigenvalue weighted by Crippen LogP contribution is 2.12. The van der Waals surface area contributed by atoms with Crippen LogP contribution >= 0.6 is 11.6 Å². The molecule has 0 spiro atoms. The summed E-state index contributed by atoms with van der Waals surface area (Å²) in [5.41, 5.74) is 2.18. The smallest absolute Gasteiger partial charge is 0.274 e. The number of nitrogens with one attached hydrogen (secondary N) is 2. The number of carbonyl (C=O) groups is 1. The van der Waals surface area contributed by atoms with Crippen LogP contribution in [0.5, 0.6) is 0 Å². The van der Waals surface area contributed by atoms with Crippen LogP contribution < -0.4 is 10.6 Å². The summed E-state index contributed by atoms with van der Waals surface area (Å²) in [6.45, 7) is 0.753. The lowest BCUT2D eigenvalue weighted by atomic mass is 10.2. The summed E-state index contributed by atoms with van der Waals surface area (Å²) in [4.78, 5) is 15.9. The largest absolute Gasteiger partial charge is 0.321 e. The molecule has 98 valence electrons. The number of nitrogens with zero attached hydrogens (tertiary/aromatic N) is 1. The fourth-order valence-corrected chi connectivity index (χ4v) is 1.78. The fraction of sp³-hybridized carbons (Fsp3) is 0.143. The van der Waals surface area contributed by atoms with Crippen molar-refractivity contribution >= 4 is 23.2 Å². The molecule has 0 unspecified atom stereocenters. The Kier molecular flexibility index (Phi) is 4.49. The Morgan fingerprint density at radius 2 is 2.16 bits per heavy atom. The summed E-state index contributed by atoms with van der Waals surface area (Å²) < 4.78 is 0. The number of halogens is 1. The zero-order chi connectivity index (χ0) is 13.7. The monoisotopic (exact) mass is 275 g/mol. The first-order valence-corrected chi connectivity index (χ1v) is 6.23. The molecule has 2 rings (SSSR count). The van der Waals surface area contributed by atoms with E-state index >= 15 is 0 Å². The molecule has 1 aromatic carbocycles. The third-order valence-corrected chi connectivity index (χ3v) is 2.75. The first kappa shape index (κ1) is 13.5. The Bertz CT molecular complexity index is 569. The lowest BCUT2D eigenvalue weighted by molar-refractivity contribution is 0.102. The van der Waals surface area contributed by atoms with E-state index in [2.05, 4.69) is 15.6 Å². The number of benzene rings is 1. The van der Waals surface area contributed by atoms with Crippen molar-refractivity contribution in [2.24, 2.45) is 0 Å². The van der Waals surface area contributed by atoms with Gasteiger partial charge in [0.25, 0.3) is 5.91 Å². The molecule has 0 aliphatic heterocycles. The number of aromatic nitrogens is 1. The minimum absolute atomic E-state index is 0.252. The van der Waals surface area contributed by atoms with Crippen molar-refractivity contribution < 1.29 is 4.79 Å². The summed E-state index contributed by atoms with van der Waals surface area (Å²) in [5.74, 6) is -0.252. The molecule has 4 nitrogen and oxygen atoms in total. The fourth-order valence-electron chi connectivity index (χ4n) is 1.67. The highest BCUT2D eigenvalue weighted by Gasteiger charge is 2.07. The normalized spacial score (nSPS) is 10.2. The van der Waals surface area contributed by atoms with Crippen molar-refractivity contribution in [3.63, 3.8) is 0 Å². The molecule has 0 bridgehead atoms. The Morgan fingerprint density at radius 1 is 1.32 bits per heavy atom. The van der Waals surface area contributed by atoms with Crippen molar-refractivity contribution in [2.75, 3.05) is 12.4 Å². The second-order valence-electron chi connectivity index (χ2n) is 4.05. The number of anilines is 1. The molecular formula is C14H14ClN3O. The molecule has 0 aliphatic carbocycles. The molecule has 19 heavy (non-hydrogen) atoms. The van der Waals surface area contributed by atoms with Gasteiger partial charge in [-0.3, -0.25) is 4.79 Å². The number of hydrogen-bond donors (Lipinski definition) is 2. The van der Waals surface area contributed by atoms with Gasteiger partial charge in [-0.2, -0.15) is 0 Å². The number of amides is 1. The van der Waals surface area contributed by atoms with Crippen molar-refractivity contribution in [1.82, 2.24) is 10.3 Å². The highest BCUT2D eigenvalue weighted by atomic mass is 35.5. The molecule has 0 saturated carbocycles. The van der Waals surface area contributed by atoms with Crippen molar-refractivity contribution in [3.05, 3.63) is 58.9 Å². The van der Waals surface area contributed by atoms with E-state index in [-0.39, 0.29) is 5.91 Å². The van der Waals surface area contributed by atoms with Gasteiger partial charge >= 0.3 is 0 Å². The third-order valence-electron chi connectivity index (χ3n) is 2.53. The van der Waals surface area contributed by atoms with Crippen LogP contribution in [0.3, 0.4) is 0 Å². The number of rotatable bonds is 4. The zero-order valence-electron chi connectivity index (χ0n) is 10.5. The van der Waals surface area contributed by atoms with Gasteiger partial charge in [0.05, 0.1) is 5.02 Å². The second kappa shape index (κ2) is 6.31.